The minimum absolute atomic E-state index is 0.0121. The molecule has 0 aromatic heterocycles. The van der Waals surface area contributed by atoms with Gasteiger partial charge in [0.25, 0.3) is 0 Å². The SMILES string of the molecule is CC1CCNC(C(=O)N2CCCC2CCO)C1. The standard InChI is InChI=1S/C13H24N2O2/c1-10-4-6-14-12(9-10)13(17)15-7-2-3-11(15)5-8-16/h10-12,14,16H,2-9H2,1H3. The summed E-state index contributed by atoms with van der Waals surface area (Å²) in [6, 6.07) is 0.282. The molecule has 2 fully saturated rings. The van der Waals surface area contributed by atoms with Gasteiger partial charge in [-0.25, -0.2) is 0 Å². The second-order valence-electron chi connectivity index (χ2n) is 5.48. The predicted molar refractivity (Wildman–Crippen MR) is 66.6 cm³/mol. The van der Waals surface area contributed by atoms with Crippen molar-refractivity contribution in [3.8, 4) is 0 Å². The number of nitrogens with one attached hydrogen (secondary N) is 1. The minimum atomic E-state index is 0.0121. The van der Waals surface area contributed by atoms with Crippen LogP contribution >= 0.6 is 0 Å². The molecule has 0 saturated carbocycles. The summed E-state index contributed by atoms with van der Waals surface area (Å²) in [6.45, 7) is 4.23. The van der Waals surface area contributed by atoms with Gasteiger partial charge in [0, 0.05) is 19.2 Å². The van der Waals surface area contributed by atoms with Crippen LogP contribution in [0.25, 0.3) is 0 Å². The van der Waals surface area contributed by atoms with E-state index in [1.165, 1.54) is 6.42 Å². The van der Waals surface area contributed by atoms with Crippen LogP contribution in [0.1, 0.15) is 39.0 Å². The van der Waals surface area contributed by atoms with E-state index in [1.54, 1.807) is 0 Å². The van der Waals surface area contributed by atoms with Crippen molar-refractivity contribution >= 4 is 5.91 Å². The van der Waals surface area contributed by atoms with Crippen LogP contribution in [0.5, 0.6) is 0 Å². The van der Waals surface area contributed by atoms with Crippen molar-refractivity contribution in [2.75, 3.05) is 19.7 Å². The third-order valence-electron chi connectivity index (χ3n) is 4.09. The van der Waals surface area contributed by atoms with E-state index in [0.717, 1.165) is 38.8 Å². The first-order valence-electron chi connectivity index (χ1n) is 6.87. The van der Waals surface area contributed by atoms with Crippen molar-refractivity contribution in [1.29, 1.82) is 0 Å². The van der Waals surface area contributed by atoms with Gasteiger partial charge in [0.15, 0.2) is 0 Å². The zero-order chi connectivity index (χ0) is 12.3. The molecule has 4 heteroatoms. The first kappa shape index (κ1) is 12.8. The first-order valence-corrected chi connectivity index (χ1v) is 6.87. The van der Waals surface area contributed by atoms with Gasteiger partial charge in [-0.1, -0.05) is 6.92 Å². The molecular formula is C13H24N2O2. The molecule has 2 rings (SSSR count). The van der Waals surface area contributed by atoms with E-state index in [0.29, 0.717) is 5.92 Å². The number of aliphatic hydroxyl groups is 1. The molecule has 98 valence electrons. The third kappa shape index (κ3) is 2.99. The van der Waals surface area contributed by atoms with Gasteiger partial charge >= 0.3 is 0 Å². The van der Waals surface area contributed by atoms with Crippen molar-refractivity contribution in [1.82, 2.24) is 10.2 Å². The van der Waals surface area contributed by atoms with Crippen LogP contribution in [0.4, 0.5) is 0 Å². The second kappa shape index (κ2) is 5.83. The van der Waals surface area contributed by atoms with Crippen LogP contribution in [-0.4, -0.2) is 47.7 Å². The van der Waals surface area contributed by atoms with Gasteiger partial charge in [0.1, 0.15) is 0 Å². The van der Waals surface area contributed by atoms with E-state index in [4.69, 9.17) is 5.11 Å². The highest BCUT2D eigenvalue weighted by Gasteiger charge is 2.34. The van der Waals surface area contributed by atoms with E-state index < -0.39 is 0 Å². The quantitative estimate of drug-likeness (QED) is 0.765. The molecule has 2 aliphatic heterocycles. The van der Waals surface area contributed by atoms with Crippen molar-refractivity contribution in [2.24, 2.45) is 5.92 Å². The maximum atomic E-state index is 12.4. The fraction of sp³-hybridized carbons (Fsp3) is 0.923. The molecular weight excluding hydrogens is 216 g/mol. The third-order valence-corrected chi connectivity index (χ3v) is 4.09. The lowest BCUT2D eigenvalue weighted by Crippen LogP contribution is -2.51. The average molecular weight is 240 g/mol. The monoisotopic (exact) mass is 240 g/mol. The molecule has 3 unspecified atom stereocenters. The highest BCUT2D eigenvalue weighted by Crippen LogP contribution is 2.23. The molecule has 4 nitrogen and oxygen atoms in total. The summed E-state index contributed by atoms with van der Waals surface area (Å²) in [4.78, 5) is 14.4. The van der Waals surface area contributed by atoms with Gasteiger partial charge in [-0.3, -0.25) is 4.79 Å². The van der Waals surface area contributed by atoms with Gasteiger partial charge in [-0.15, -0.1) is 0 Å². The van der Waals surface area contributed by atoms with Crippen molar-refractivity contribution in [3.63, 3.8) is 0 Å². The maximum absolute atomic E-state index is 12.4. The lowest BCUT2D eigenvalue weighted by Gasteiger charge is -2.33. The Morgan fingerprint density at radius 2 is 2.29 bits per heavy atom. The fourth-order valence-electron chi connectivity index (χ4n) is 3.07. The summed E-state index contributed by atoms with van der Waals surface area (Å²) in [5.41, 5.74) is 0. The number of carbonyl (C=O) groups is 1. The predicted octanol–water partition coefficient (Wildman–Crippen LogP) is 0.748. The van der Waals surface area contributed by atoms with Gasteiger partial charge in [0.2, 0.25) is 5.91 Å². The Kier molecular flexibility index (Phi) is 4.40. The number of rotatable bonds is 3. The van der Waals surface area contributed by atoms with Gasteiger partial charge in [0.05, 0.1) is 6.04 Å². The molecule has 3 atom stereocenters. The molecule has 0 aromatic carbocycles. The Labute approximate surface area is 103 Å². The topological polar surface area (TPSA) is 52.6 Å². The molecule has 0 spiro atoms. The van der Waals surface area contributed by atoms with Crippen LogP contribution < -0.4 is 5.32 Å². The van der Waals surface area contributed by atoms with Gasteiger partial charge < -0.3 is 15.3 Å². The number of aliphatic hydroxyl groups excluding tert-OH is 1. The molecule has 2 aliphatic rings. The van der Waals surface area contributed by atoms with Gasteiger partial charge in [-0.05, 0) is 44.6 Å². The van der Waals surface area contributed by atoms with E-state index >= 15 is 0 Å². The highest BCUT2D eigenvalue weighted by molar-refractivity contribution is 5.82. The number of nitrogens with zero attached hydrogens (tertiary/aromatic N) is 1. The molecule has 0 aliphatic carbocycles. The Bertz CT molecular complexity index is 270. The molecule has 0 radical (unpaired) electrons. The molecule has 0 aromatic rings. The Balaban J connectivity index is 1.93. The number of hydrogen-bond acceptors (Lipinski definition) is 3. The summed E-state index contributed by atoms with van der Waals surface area (Å²) < 4.78 is 0. The van der Waals surface area contributed by atoms with E-state index in [2.05, 4.69) is 12.2 Å². The van der Waals surface area contributed by atoms with E-state index in [-0.39, 0.29) is 24.6 Å². The largest absolute Gasteiger partial charge is 0.396 e. The number of likely N-dealkylation sites (tertiary alicyclic amines) is 1. The molecule has 1 amide bonds. The van der Waals surface area contributed by atoms with Crippen LogP contribution in [0.2, 0.25) is 0 Å². The smallest absolute Gasteiger partial charge is 0.239 e. The first-order chi connectivity index (χ1) is 8.22. The van der Waals surface area contributed by atoms with Crippen LogP contribution in [0.15, 0.2) is 0 Å². The number of amides is 1. The fourth-order valence-corrected chi connectivity index (χ4v) is 3.07. The Hall–Kier alpha value is -0.610. The maximum Gasteiger partial charge on any atom is 0.239 e. The second-order valence-corrected chi connectivity index (χ2v) is 5.48. The van der Waals surface area contributed by atoms with E-state index in [9.17, 15) is 4.79 Å². The van der Waals surface area contributed by atoms with Gasteiger partial charge in [-0.2, -0.15) is 0 Å². The zero-order valence-corrected chi connectivity index (χ0v) is 10.7. The molecule has 0 bridgehead atoms. The minimum Gasteiger partial charge on any atom is -0.396 e. The van der Waals surface area contributed by atoms with E-state index in [1.807, 2.05) is 4.90 Å². The van der Waals surface area contributed by atoms with Crippen molar-refractivity contribution in [2.45, 2.75) is 51.1 Å². The summed E-state index contributed by atoms with van der Waals surface area (Å²) in [6.07, 6.45) is 4.99. The Morgan fingerprint density at radius 1 is 1.47 bits per heavy atom. The highest BCUT2D eigenvalue weighted by atomic mass is 16.3. The molecule has 17 heavy (non-hydrogen) atoms. The molecule has 2 saturated heterocycles. The van der Waals surface area contributed by atoms with Crippen molar-refractivity contribution < 1.29 is 9.90 Å². The molecule has 2 N–H and O–H groups in total. The summed E-state index contributed by atoms with van der Waals surface area (Å²) >= 11 is 0. The number of piperidine rings is 1. The van der Waals surface area contributed by atoms with Crippen LogP contribution in [-0.2, 0) is 4.79 Å². The average Bonchev–Trinajstić information content (AvgIpc) is 2.77. The lowest BCUT2D eigenvalue weighted by atomic mass is 9.93. The normalized spacial score (nSPS) is 34.0. The summed E-state index contributed by atoms with van der Waals surface area (Å²) in [5.74, 6) is 0.900. The summed E-state index contributed by atoms with van der Waals surface area (Å²) in [5, 5.41) is 12.4. The number of carbonyl (C=O) groups excluding carboxylic acids is 1. The van der Waals surface area contributed by atoms with Crippen LogP contribution in [0.3, 0.4) is 0 Å². The number of hydrogen-bond donors (Lipinski definition) is 2. The lowest BCUT2D eigenvalue weighted by molar-refractivity contribution is -0.135. The molecule has 2 heterocycles. The van der Waals surface area contributed by atoms with Crippen LogP contribution in [0, 0.1) is 5.92 Å². The zero-order valence-electron chi connectivity index (χ0n) is 10.7. The summed E-state index contributed by atoms with van der Waals surface area (Å²) in [7, 11) is 0. The Morgan fingerprint density at radius 3 is 3.00 bits per heavy atom. The van der Waals surface area contributed by atoms with Crippen molar-refractivity contribution in [3.05, 3.63) is 0 Å².